The zero-order valence-corrected chi connectivity index (χ0v) is 11.5. The Morgan fingerprint density at radius 1 is 1.06 bits per heavy atom. The van der Waals surface area contributed by atoms with Crippen molar-refractivity contribution in [3.05, 3.63) is 69.2 Å². The van der Waals surface area contributed by atoms with E-state index in [-0.39, 0.29) is 5.78 Å². The summed E-state index contributed by atoms with van der Waals surface area (Å²) in [5, 5.41) is 0.601. The predicted octanol–water partition coefficient (Wildman–Crippen LogP) is 4.50. The number of halogens is 1. The first-order valence-corrected chi connectivity index (χ1v) is 6.25. The van der Waals surface area contributed by atoms with E-state index < -0.39 is 0 Å². The van der Waals surface area contributed by atoms with E-state index >= 15 is 0 Å². The van der Waals surface area contributed by atoms with E-state index in [2.05, 4.69) is 0 Å². The molecule has 0 saturated carbocycles. The van der Waals surface area contributed by atoms with Gasteiger partial charge < -0.3 is 0 Å². The second kappa shape index (κ2) is 4.95. The van der Waals surface area contributed by atoms with Crippen LogP contribution in [0.25, 0.3) is 0 Å². The molecular weight excluding hydrogens is 244 g/mol. The highest BCUT2D eigenvalue weighted by Crippen LogP contribution is 2.20. The van der Waals surface area contributed by atoms with Gasteiger partial charge in [0, 0.05) is 16.1 Å². The highest BCUT2D eigenvalue weighted by atomic mass is 35.5. The van der Waals surface area contributed by atoms with Gasteiger partial charge in [-0.3, -0.25) is 4.79 Å². The Labute approximate surface area is 112 Å². The van der Waals surface area contributed by atoms with Gasteiger partial charge in [0.25, 0.3) is 0 Å². The largest absolute Gasteiger partial charge is 0.289 e. The van der Waals surface area contributed by atoms with Crippen LogP contribution in [0.4, 0.5) is 0 Å². The van der Waals surface area contributed by atoms with Crippen LogP contribution in [0.2, 0.25) is 5.02 Å². The quantitative estimate of drug-likeness (QED) is 0.725. The van der Waals surface area contributed by atoms with E-state index in [0.29, 0.717) is 10.6 Å². The first-order chi connectivity index (χ1) is 8.49. The summed E-state index contributed by atoms with van der Waals surface area (Å²) in [5.74, 6) is 0.0294. The Hall–Kier alpha value is -1.60. The van der Waals surface area contributed by atoms with E-state index in [9.17, 15) is 4.79 Å². The summed E-state index contributed by atoms with van der Waals surface area (Å²) in [4.78, 5) is 12.5. The molecule has 1 nitrogen and oxygen atoms in total. The molecule has 0 aromatic heterocycles. The van der Waals surface area contributed by atoms with Gasteiger partial charge in [0.2, 0.25) is 0 Å². The van der Waals surface area contributed by atoms with Crippen LogP contribution < -0.4 is 0 Å². The topological polar surface area (TPSA) is 17.1 Å². The summed E-state index contributed by atoms with van der Waals surface area (Å²) in [7, 11) is 0. The summed E-state index contributed by atoms with van der Waals surface area (Å²) in [6, 6.07) is 11.2. The molecule has 18 heavy (non-hydrogen) atoms. The fourth-order valence-corrected chi connectivity index (χ4v) is 2.31. The smallest absolute Gasteiger partial charge is 0.193 e. The minimum absolute atomic E-state index is 0.0294. The van der Waals surface area contributed by atoms with Crippen molar-refractivity contribution in [2.75, 3.05) is 0 Å². The van der Waals surface area contributed by atoms with Gasteiger partial charge >= 0.3 is 0 Å². The van der Waals surface area contributed by atoms with Crippen molar-refractivity contribution in [2.24, 2.45) is 0 Å². The average molecular weight is 259 g/mol. The van der Waals surface area contributed by atoms with Crippen molar-refractivity contribution in [3.63, 3.8) is 0 Å². The third-order valence-electron chi connectivity index (χ3n) is 3.15. The molecule has 0 heterocycles. The van der Waals surface area contributed by atoms with E-state index in [0.717, 1.165) is 22.3 Å². The van der Waals surface area contributed by atoms with Crippen LogP contribution in [0.5, 0.6) is 0 Å². The second-order valence-corrected chi connectivity index (χ2v) is 5.03. The molecule has 92 valence electrons. The Balaban J connectivity index is 2.51. The number of carbonyl (C=O) groups is 1. The van der Waals surface area contributed by atoms with Gasteiger partial charge in [-0.1, -0.05) is 29.8 Å². The maximum absolute atomic E-state index is 12.5. The number of ketones is 1. The Morgan fingerprint density at radius 3 is 2.44 bits per heavy atom. The number of aryl methyl sites for hydroxylation is 2. The second-order valence-electron chi connectivity index (χ2n) is 4.59. The SMILES string of the molecule is Cc1cc(Cl)cc(C(=O)c2cccc(C)c2C)c1. The summed E-state index contributed by atoms with van der Waals surface area (Å²) >= 11 is 6.00. The monoisotopic (exact) mass is 258 g/mol. The lowest BCUT2D eigenvalue weighted by Gasteiger charge is -2.08. The third kappa shape index (κ3) is 2.46. The first-order valence-electron chi connectivity index (χ1n) is 5.87. The normalized spacial score (nSPS) is 10.4. The first kappa shape index (κ1) is 12.8. The molecule has 2 heteroatoms. The molecule has 0 aliphatic heterocycles. The lowest BCUT2D eigenvalue weighted by atomic mass is 9.95. The van der Waals surface area contributed by atoms with Crippen molar-refractivity contribution < 1.29 is 4.79 Å². The highest BCUT2D eigenvalue weighted by Gasteiger charge is 2.13. The Kier molecular flexibility index (Phi) is 3.53. The number of carbonyl (C=O) groups excluding carboxylic acids is 1. The molecule has 0 fully saturated rings. The molecule has 0 atom stereocenters. The van der Waals surface area contributed by atoms with Gasteiger partial charge in [-0.05, 0) is 55.7 Å². The van der Waals surface area contributed by atoms with E-state index in [1.807, 2.05) is 51.1 Å². The van der Waals surface area contributed by atoms with Crippen LogP contribution in [-0.4, -0.2) is 5.78 Å². The molecule has 0 saturated heterocycles. The molecule has 0 aliphatic rings. The van der Waals surface area contributed by atoms with E-state index in [4.69, 9.17) is 11.6 Å². The summed E-state index contributed by atoms with van der Waals surface area (Å²) in [6.45, 7) is 5.92. The Bertz CT molecular complexity index is 594. The van der Waals surface area contributed by atoms with Crippen molar-refractivity contribution >= 4 is 17.4 Å². The number of hydrogen-bond donors (Lipinski definition) is 0. The molecular formula is C16H15ClO. The van der Waals surface area contributed by atoms with Crippen LogP contribution in [0, 0.1) is 20.8 Å². The molecule has 2 aromatic rings. The molecule has 2 aromatic carbocycles. The number of rotatable bonds is 2. The molecule has 2 rings (SSSR count). The third-order valence-corrected chi connectivity index (χ3v) is 3.37. The van der Waals surface area contributed by atoms with Crippen molar-refractivity contribution in [1.29, 1.82) is 0 Å². The summed E-state index contributed by atoms with van der Waals surface area (Å²) < 4.78 is 0. The van der Waals surface area contributed by atoms with Crippen molar-refractivity contribution in [1.82, 2.24) is 0 Å². The molecule has 0 spiro atoms. The molecule has 0 unspecified atom stereocenters. The fourth-order valence-electron chi connectivity index (χ4n) is 2.02. The fraction of sp³-hybridized carbons (Fsp3) is 0.188. The predicted molar refractivity (Wildman–Crippen MR) is 75.5 cm³/mol. The molecule has 0 bridgehead atoms. The van der Waals surface area contributed by atoms with E-state index in [1.54, 1.807) is 6.07 Å². The number of hydrogen-bond acceptors (Lipinski definition) is 1. The van der Waals surface area contributed by atoms with Crippen LogP contribution in [-0.2, 0) is 0 Å². The van der Waals surface area contributed by atoms with Crippen LogP contribution >= 0.6 is 11.6 Å². The lowest BCUT2D eigenvalue weighted by molar-refractivity contribution is 0.103. The number of benzene rings is 2. The zero-order valence-electron chi connectivity index (χ0n) is 10.8. The molecule has 0 amide bonds. The van der Waals surface area contributed by atoms with Gasteiger partial charge in [0.1, 0.15) is 0 Å². The lowest BCUT2D eigenvalue weighted by Crippen LogP contribution is -2.05. The highest BCUT2D eigenvalue weighted by molar-refractivity contribution is 6.31. The minimum atomic E-state index is 0.0294. The maximum Gasteiger partial charge on any atom is 0.193 e. The van der Waals surface area contributed by atoms with Crippen molar-refractivity contribution in [2.45, 2.75) is 20.8 Å². The summed E-state index contributed by atoms with van der Waals surface area (Å²) in [5.41, 5.74) is 4.54. The molecule has 0 N–H and O–H groups in total. The van der Waals surface area contributed by atoms with Gasteiger partial charge in [-0.15, -0.1) is 0 Å². The zero-order chi connectivity index (χ0) is 13.3. The minimum Gasteiger partial charge on any atom is -0.289 e. The maximum atomic E-state index is 12.5. The van der Waals surface area contributed by atoms with Crippen LogP contribution in [0.1, 0.15) is 32.6 Å². The molecule has 0 radical (unpaired) electrons. The van der Waals surface area contributed by atoms with Gasteiger partial charge in [0.05, 0.1) is 0 Å². The Morgan fingerprint density at radius 2 is 1.78 bits per heavy atom. The average Bonchev–Trinajstić information content (AvgIpc) is 2.30. The van der Waals surface area contributed by atoms with Crippen LogP contribution in [0.3, 0.4) is 0 Å². The van der Waals surface area contributed by atoms with Gasteiger partial charge in [0.15, 0.2) is 5.78 Å². The van der Waals surface area contributed by atoms with Gasteiger partial charge in [-0.25, -0.2) is 0 Å². The standard InChI is InChI=1S/C16H15ClO/c1-10-7-13(9-14(17)8-10)16(18)15-6-4-5-11(2)12(15)3/h4-9H,1-3H3. The summed E-state index contributed by atoms with van der Waals surface area (Å²) in [6.07, 6.45) is 0. The van der Waals surface area contributed by atoms with Gasteiger partial charge in [-0.2, -0.15) is 0 Å². The van der Waals surface area contributed by atoms with Crippen LogP contribution in [0.15, 0.2) is 36.4 Å². The molecule has 0 aliphatic carbocycles. The van der Waals surface area contributed by atoms with Crippen molar-refractivity contribution in [3.8, 4) is 0 Å². The van der Waals surface area contributed by atoms with E-state index in [1.165, 1.54) is 0 Å².